The zero-order valence-corrected chi connectivity index (χ0v) is 6.59. The monoisotopic (exact) mass is 124 g/mol. The van der Waals surface area contributed by atoms with Crippen LogP contribution in [0.3, 0.4) is 0 Å². The molecule has 0 saturated carbocycles. The summed E-state index contributed by atoms with van der Waals surface area (Å²) < 4.78 is 0. The summed E-state index contributed by atoms with van der Waals surface area (Å²) in [5.74, 6) is 2.53. The van der Waals surface area contributed by atoms with Crippen LogP contribution in [0, 0.1) is 17.8 Å². The van der Waals surface area contributed by atoms with Gasteiger partial charge in [0, 0.05) is 0 Å². The molecule has 0 bridgehead atoms. The Morgan fingerprint density at radius 2 is 2.00 bits per heavy atom. The highest BCUT2D eigenvalue weighted by Crippen LogP contribution is 2.28. The molecular weight excluding hydrogens is 108 g/mol. The van der Waals surface area contributed by atoms with E-state index >= 15 is 0 Å². The van der Waals surface area contributed by atoms with Crippen molar-refractivity contribution < 1.29 is 0 Å². The van der Waals surface area contributed by atoms with Gasteiger partial charge >= 0.3 is 0 Å². The molecule has 0 fully saturated rings. The molecule has 0 aliphatic heterocycles. The number of allylic oxidation sites excluding steroid dienone is 2. The second-order valence-corrected chi connectivity index (χ2v) is 3.51. The van der Waals surface area contributed by atoms with Crippen molar-refractivity contribution in [2.75, 3.05) is 0 Å². The van der Waals surface area contributed by atoms with Gasteiger partial charge in [-0.05, 0) is 24.2 Å². The van der Waals surface area contributed by atoms with Crippen LogP contribution in [0.2, 0.25) is 0 Å². The van der Waals surface area contributed by atoms with Crippen molar-refractivity contribution in [2.24, 2.45) is 17.8 Å². The smallest absolute Gasteiger partial charge is 0.0205 e. The quantitative estimate of drug-likeness (QED) is 0.471. The minimum absolute atomic E-state index is 0.831. The van der Waals surface area contributed by atoms with Crippen LogP contribution in [0.4, 0.5) is 0 Å². The zero-order valence-electron chi connectivity index (χ0n) is 6.59. The summed E-state index contributed by atoms with van der Waals surface area (Å²) in [7, 11) is 0. The molecule has 0 heteroatoms. The highest BCUT2D eigenvalue weighted by atomic mass is 14.2. The lowest BCUT2D eigenvalue weighted by atomic mass is 9.93. The fourth-order valence-corrected chi connectivity index (χ4v) is 1.41. The van der Waals surface area contributed by atoms with Gasteiger partial charge in [0.2, 0.25) is 0 Å². The summed E-state index contributed by atoms with van der Waals surface area (Å²) in [6.07, 6.45) is 6.08. The molecule has 0 heterocycles. The van der Waals surface area contributed by atoms with Crippen LogP contribution in [-0.2, 0) is 0 Å². The molecule has 9 heavy (non-hydrogen) atoms. The van der Waals surface area contributed by atoms with E-state index in [0.717, 1.165) is 17.8 Å². The van der Waals surface area contributed by atoms with Gasteiger partial charge in [0.25, 0.3) is 0 Å². The summed E-state index contributed by atoms with van der Waals surface area (Å²) in [5.41, 5.74) is 0. The van der Waals surface area contributed by atoms with Gasteiger partial charge in [0.15, 0.2) is 0 Å². The van der Waals surface area contributed by atoms with Crippen LogP contribution in [0.5, 0.6) is 0 Å². The summed E-state index contributed by atoms with van der Waals surface area (Å²) in [6.45, 7) is 6.89. The van der Waals surface area contributed by atoms with E-state index in [1.54, 1.807) is 0 Å². The van der Waals surface area contributed by atoms with Crippen molar-refractivity contribution >= 4 is 0 Å². The molecule has 1 aliphatic rings. The fraction of sp³-hybridized carbons (Fsp3) is 0.778. The van der Waals surface area contributed by atoms with Gasteiger partial charge in [-0.2, -0.15) is 0 Å². The predicted molar refractivity (Wildman–Crippen MR) is 41.2 cm³/mol. The summed E-state index contributed by atoms with van der Waals surface area (Å²) >= 11 is 0. The molecule has 0 aromatic rings. The third-order valence-electron chi connectivity index (χ3n) is 2.19. The van der Waals surface area contributed by atoms with Crippen LogP contribution in [-0.4, -0.2) is 0 Å². The van der Waals surface area contributed by atoms with Crippen molar-refractivity contribution in [1.29, 1.82) is 0 Å². The van der Waals surface area contributed by atoms with E-state index < -0.39 is 0 Å². The normalized spacial score (nSPS) is 34.2. The summed E-state index contributed by atoms with van der Waals surface area (Å²) in [6, 6.07) is 0. The lowest BCUT2D eigenvalue weighted by Crippen LogP contribution is -2.02. The average molecular weight is 124 g/mol. The number of rotatable bonds is 1. The Morgan fingerprint density at radius 3 is 2.22 bits per heavy atom. The Morgan fingerprint density at radius 1 is 1.33 bits per heavy atom. The predicted octanol–water partition coefficient (Wildman–Crippen LogP) is 2.85. The molecule has 0 saturated heterocycles. The first-order valence-corrected chi connectivity index (χ1v) is 3.88. The Kier molecular flexibility index (Phi) is 1.94. The Balaban J connectivity index is 2.41. The molecule has 0 aromatic heterocycles. The lowest BCUT2D eigenvalue weighted by molar-refractivity contribution is 0.425. The first kappa shape index (κ1) is 6.85. The standard InChI is InChI=1S/C9H16/c1-7(2)9-5-4-8(3)6-9/h4-5,7-9H,6H2,1-3H3/t8-,9-/m0/s1. The van der Waals surface area contributed by atoms with Crippen molar-refractivity contribution in [3.05, 3.63) is 12.2 Å². The molecule has 0 N–H and O–H groups in total. The topological polar surface area (TPSA) is 0 Å². The van der Waals surface area contributed by atoms with Gasteiger partial charge in [0.1, 0.15) is 0 Å². The van der Waals surface area contributed by atoms with Crippen LogP contribution in [0.25, 0.3) is 0 Å². The molecule has 0 unspecified atom stereocenters. The minimum atomic E-state index is 0.831. The van der Waals surface area contributed by atoms with Crippen LogP contribution >= 0.6 is 0 Å². The van der Waals surface area contributed by atoms with E-state index in [0.29, 0.717) is 0 Å². The highest BCUT2D eigenvalue weighted by Gasteiger charge is 2.17. The van der Waals surface area contributed by atoms with E-state index in [9.17, 15) is 0 Å². The molecule has 0 aromatic carbocycles. The second-order valence-electron chi connectivity index (χ2n) is 3.51. The maximum Gasteiger partial charge on any atom is -0.0205 e. The molecule has 0 nitrogen and oxygen atoms in total. The van der Waals surface area contributed by atoms with Crippen molar-refractivity contribution in [3.8, 4) is 0 Å². The third-order valence-corrected chi connectivity index (χ3v) is 2.19. The van der Waals surface area contributed by atoms with Gasteiger partial charge in [0.05, 0.1) is 0 Å². The van der Waals surface area contributed by atoms with Crippen LogP contribution in [0.15, 0.2) is 12.2 Å². The largest absolute Gasteiger partial charge is 0.0854 e. The molecular formula is C9H16. The third kappa shape index (κ3) is 1.57. The van der Waals surface area contributed by atoms with E-state index in [4.69, 9.17) is 0 Å². The van der Waals surface area contributed by atoms with E-state index in [2.05, 4.69) is 32.9 Å². The first-order chi connectivity index (χ1) is 4.20. The molecule has 0 radical (unpaired) electrons. The average Bonchev–Trinajstić information content (AvgIpc) is 2.14. The lowest BCUT2D eigenvalue weighted by Gasteiger charge is -2.12. The molecule has 52 valence electrons. The maximum atomic E-state index is 2.37. The van der Waals surface area contributed by atoms with Gasteiger partial charge in [-0.1, -0.05) is 32.9 Å². The fourth-order valence-electron chi connectivity index (χ4n) is 1.41. The van der Waals surface area contributed by atoms with E-state index in [1.165, 1.54) is 6.42 Å². The van der Waals surface area contributed by atoms with Gasteiger partial charge in [-0.25, -0.2) is 0 Å². The maximum absolute atomic E-state index is 2.37. The highest BCUT2D eigenvalue weighted by molar-refractivity contribution is 5.01. The number of hydrogen-bond acceptors (Lipinski definition) is 0. The van der Waals surface area contributed by atoms with E-state index in [1.807, 2.05) is 0 Å². The van der Waals surface area contributed by atoms with Crippen LogP contribution < -0.4 is 0 Å². The van der Waals surface area contributed by atoms with Gasteiger partial charge in [-0.15, -0.1) is 0 Å². The Hall–Kier alpha value is -0.260. The summed E-state index contributed by atoms with van der Waals surface area (Å²) in [4.78, 5) is 0. The first-order valence-electron chi connectivity index (χ1n) is 3.88. The van der Waals surface area contributed by atoms with E-state index in [-0.39, 0.29) is 0 Å². The van der Waals surface area contributed by atoms with Gasteiger partial charge < -0.3 is 0 Å². The van der Waals surface area contributed by atoms with Crippen molar-refractivity contribution in [2.45, 2.75) is 27.2 Å². The molecule has 0 amide bonds. The van der Waals surface area contributed by atoms with Crippen molar-refractivity contribution in [1.82, 2.24) is 0 Å². The zero-order chi connectivity index (χ0) is 6.85. The van der Waals surface area contributed by atoms with Crippen molar-refractivity contribution in [3.63, 3.8) is 0 Å². The molecule has 1 aliphatic carbocycles. The van der Waals surface area contributed by atoms with Gasteiger partial charge in [-0.3, -0.25) is 0 Å². The number of hydrogen-bond donors (Lipinski definition) is 0. The summed E-state index contributed by atoms with van der Waals surface area (Å²) in [5, 5.41) is 0. The Bertz CT molecular complexity index is 111. The molecule has 2 atom stereocenters. The molecule has 1 rings (SSSR count). The molecule has 0 spiro atoms. The Labute approximate surface area is 58.0 Å². The van der Waals surface area contributed by atoms with Crippen LogP contribution in [0.1, 0.15) is 27.2 Å². The second kappa shape index (κ2) is 2.55. The SMILES string of the molecule is CC(C)[C@H]1C=C[C@H](C)C1. The minimum Gasteiger partial charge on any atom is -0.0854 e.